The summed E-state index contributed by atoms with van der Waals surface area (Å²) in [6.45, 7) is 15.0. The summed E-state index contributed by atoms with van der Waals surface area (Å²) < 4.78 is 0.0231. The number of aromatic nitrogens is 1. The third-order valence-electron chi connectivity index (χ3n) is 6.25. The monoisotopic (exact) mass is 512 g/mol. The lowest BCUT2D eigenvalue weighted by atomic mass is 9.88. The van der Waals surface area contributed by atoms with Crippen molar-refractivity contribution in [3.8, 4) is 5.75 Å². The zero-order valence-corrected chi connectivity index (χ0v) is 22.8. The molecule has 2 N–H and O–H groups in total. The van der Waals surface area contributed by atoms with Gasteiger partial charge in [0.05, 0.1) is 10.5 Å². The minimum Gasteiger partial charge on any atom is -0.506 e. The van der Waals surface area contributed by atoms with E-state index in [0.29, 0.717) is 26.2 Å². The zero-order chi connectivity index (χ0) is 26.4. The van der Waals surface area contributed by atoms with E-state index in [4.69, 9.17) is 0 Å². The second-order valence-electron chi connectivity index (χ2n) is 11.7. The van der Waals surface area contributed by atoms with E-state index in [0.717, 1.165) is 32.9 Å². The first-order chi connectivity index (χ1) is 16.7. The fourth-order valence-electron chi connectivity index (χ4n) is 4.69. The molecule has 0 atom stereocenters. The standard InChI is InChI=1S/C27H36N4O4S/c1-26(2,3)15-18-17-7-8-19(32)24(23(17)28-25(18)36-27(4,5)6)30-13-11-29(12-14-30)22(35)16-31-20(33)9-10-21(31)34/h7-10,28,32H,11-16H2,1-6H3. The predicted molar refractivity (Wildman–Crippen MR) is 143 cm³/mol. The first kappa shape index (κ1) is 26.1. The molecular weight excluding hydrogens is 476 g/mol. The van der Waals surface area contributed by atoms with Crippen LogP contribution in [0.3, 0.4) is 0 Å². The molecule has 194 valence electrons. The Balaban J connectivity index is 1.58. The van der Waals surface area contributed by atoms with E-state index in [-0.39, 0.29) is 28.4 Å². The van der Waals surface area contributed by atoms with E-state index < -0.39 is 11.8 Å². The molecule has 0 radical (unpaired) electrons. The Hall–Kier alpha value is -2.94. The maximum atomic E-state index is 12.8. The lowest BCUT2D eigenvalue weighted by molar-refractivity contribution is -0.144. The number of carbonyl (C=O) groups excluding carboxylic acids is 3. The normalized spacial score (nSPS) is 17.1. The van der Waals surface area contributed by atoms with E-state index in [1.165, 1.54) is 17.7 Å². The first-order valence-corrected chi connectivity index (χ1v) is 13.2. The molecule has 0 bridgehead atoms. The van der Waals surface area contributed by atoms with Gasteiger partial charge in [-0.05, 0) is 29.5 Å². The molecule has 2 aromatic rings. The molecule has 4 rings (SSSR count). The highest BCUT2D eigenvalue weighted by molar-refractivity contribution is 8.00. The van der Waals surface area contributed by atoms with Crippen LogP contribution in [0.5, 0.6) is 5.75 Å². The fraction of sp³-hybridized carbons (Fsp3) is 0.519. The highest BCUT2D eigenvalue weighted by Gasteiger charge is 2.31. The number of rotatable bonds is 5. The molecular formula is C27H36N4O4S. The number of anilines is 1. The number of nitrogens with one attached hydrogen (secondary N) is 1. The Labute approximate surface area is 216 Å². The van der Waals surface area contributed by atoms with Crippen molar-refractivity contribution < 1.29 is 19.5 Å². The second-order valence-corrected chi connectivity index (χ2v) is 13.5. The number of benzene rings is 1. The molecule has 9 heteroatoms. The van der Waals surface area contributed by atoms with Gasteiger partial charge in [-0.1, -0.05) is 41.5 Å². The summed E-state index contributed by atoms with van der Waals surface area (Å²) in [5.74, 6) is -0.952. The number of hydrogen-bond acceptors (Lipinski definition) is 6. The van der Waals surface area contributed by atoms with Crippen molar-refractivity contribution >= 4 is 46.1 Å². The number of phenolic OH excluding ortho intramolecular Hbond substituents is 1. The number of aromatic amines is 1. The molecule has 1 aromatic heterocycles. The first-order valence-electron chi connectivity index (χ1n) is 12.4. The van der Waals surface area contributed by atoms with Gasteiger partial charge in [0.1, 0.15) is 18.0 Å². The molecule has 2 aliphatic heterocycles. The number of phenols is 1. The Bertz CT molecular complexity index is 1210. The van der Waals surface area contributed by atoms with Gasteiger partial charge in [-0.2, -0.15) is 0 Å². The minimum atomic E-state index is -0.453. The van der Waals surface area contributed by atoms with Crippen LogP contribution in [-0.2, 0) is 20.8 Å². The summed E-state index contributed by atoms with van der Waals surface area (Å²) in [6.07, 6.45) is 3.28. The van der Waals surface area contributed by atoms with Crippen LogP contribution in [0.15, 0.2) is 29.3 Å². The van der Waals surface area contributed by atoms with Crippen molar-refractivity contribution in [1.82, 2.24) is 14.8 Å². The van der Waals surface area contributed by atoms with Crippen molar-refractivity contribution in [2.75, 3.05) is 37.6 Å². The molecule has 0 spiro atoms. The Morgan fingerprint density at radius 3 is 2.17 bits per heavy atom. The van der Waals surface area contributed by atoms with Crippen LogP contribution >= 0.6 is 11.8 Å². The molecule has 1 saturated heterocycles. The summed E-state index contributed by atoms with van der Waals surface area (Å²) in [6, 6.07) is 3.76. The number of amides is 3. The highest BCUT2D eigenvalue weighted by atomic mass is 32.2. The Morgan fingerprint density at radius 2 is 1.61 bits per heavy atom. The number of H-pyrrole nitrogens is 1. The number of nitrogens with zero attached hydrogens (tertiary/aromatic N) is 3. The van der Waals surface area contributed by atoms with Crippen LogP contribution in [0.25, 0.3) is 10.9 Å². The predicted octanol–water partition coefficient (Wildman–Crippen LogP) is 3.93. The van der Waals surface area contributed by atoms with Crippen LogP contribution < -0.4 is 4.90 Å². The van der Waals surface area contributed by atoms with Crippen molar-refractivity contribution in [2.24, 2.45) is 5.41 Å². The zero-order valence-electron chi connectivity index (χ0n) is 22.0. The van der Waals surface area contributed by atoms with Crippen molar-refractivity contribution in [3.05, 3.63) is 29.8 Å². The van der Waals surface area contributed by atoms with E-state index in [1.54, 1.807) is 22.7 Å². The lowest BCUT2D eigenvalue weighted by Gasteiger charge is -2.37. The van der Waals surface area contributed by atoms with Gasteiger partial charge >= 0.3 is 0 Å². The smallest absolute Gasteiger partial charge is 0.254 e. The van der Waals surface area contributed by atoms with Crippen LogP contribution in [0.2, 0.25) is 0 Å². The average Bonchev–Trinajstić information content (AvgIpc) is 3.25. The van der Waals surface area contributed by atoms with E-state index in [1.807, 2.05) is 6.07 Å². The second kappa shape index (κ2) is 9.50. The van der Waals surface area contributed by atoms with Crippen LogP contribution in [0, 0.1) is 5.41 Å². The summed E-state index contributed by atoms with van der Waals surface area (Å²) in [4.78, 5) is 44.8. The molecule has 0 saturated carbocycles. The molecule has 3 heterocycles. The number of thioether (sulfide) groups is 1. The molecule has 1 fully saturated rings. The molecule has 3 amide bonds. The van der Waals surface area contributed by atoms with Crippen molar-refractivity contribution in [1.29, 1.82) is 0 Å². The number of imide groups is 1. The van der Waals surface area contributed by atoms with Gasteiger partial charge < -0.3 is 19.9 Å². The van der Waals surface area contributed by atoms with E-state index in [2.05, 4.69) is 51.4 Å². The molecule has 36 heavy (non-hydrogen) atoms. The lowest BCUT2D eigenvalue weighted by Crippen LogP contribution is -2.52. The van der Waals surface area contributed by atoms with Crippen LogP contribution in [-0.4, -0.2) is 75.1 Å². The number of hydrogen-bond donors (Lipinski definition) is 2. The van der Waals surface area contributed by atoms with Gasteiger partial charge in [-0.3, -0.25) is 19.3 Å². The van der Waals surface area contributed by atoms with Gasteiger partial charge in [0, 0.05) is 48.5 Å². The topological polar surface area (TPSA) is 97.0 Å². The van der Waals surface area contributed by atoms with Crippen LogP contribution in [0.1, 0.15) is 47.1 Å². The summed E-state index contributed by atoms with van der Waals surface area (Å²) >= 11 is 1.80. The van der Waals surface area contributed by atoms with Gasteiger partial charge in [0.15, 0.2) is 0 Å². The van der Waals surface area contributed by atoms with Gasteiger partial charge in [0.2, 0.25) is 5.91 Å². The summed E-state index contributed by atoms with van der Waals surface area (Å²) in [7, 11) is 0. The fourth-order valence-corrected chi connectivity index (χ4v) is 5.76. The van der Waals surface area contributed by atoms with Crippen molar-refractivity contribution in [2.45, 2.75) is 57.7 Å². The molecule has 1 aromatic carbocycles. The van der Waals surface area contributed by atoms with Gasteiger partial charge in [0.25, 0.3) is 11.8 Å². The van der Waals surface area contributed by atoms with Crippen LogP contribution in [0.4, 0.5) is 5.69 Å². The molecule has 2 aliphatic rings. The minimum absolute atomic E-state index is 0.0231. The third kappa shape index (κ3) is 5.56. The Kier molecular flexibility index (Phi) is 6.90. The maximum absolute atomic E-state index is 12.8. The van der Waals surface area contributed by atoms with Gasteiger partial charge in [-0.25, -0.2) is 0 Å². The molecule has 8 nitrogen and oxygen atoms in total. The number of carbonyl (C=O) groups is 3. The SMILES string of the molecule is CC(C)(C)Cc1c(SC(C)(C)C)[nH]c2c(N3CCN(C(=O)CN4C(=O)C=CC4=O)CC3)c(O)ccc12. The number of aromatic hydroxyl groups is 1. The number of piperazine rings is 1. The Morgan fingerprint density at radius 1 is 1.00 bits per heavy atom. The molecule has 0 aliphatic carbocycles. The summed E-state index contributed by atoms with van der Waals surface area (Å²) in [5.41, 5.74) is 3.03. The summed E-state index contributed by atoms with van der Waals surface area (Å²) in [5, 5.41) is 13.2. The van der Waals surface area contributed by atoms with Crippen molar-refractivity contribution in [3.63, 3.8) is 0 Å². The number of fused-ring (bicyclic) bond motifs is 1. The molecule has 0 unspecified atom stereocenters. The van der Waals surface area contributed by atoms with Gasteiger partial charge in [-0.15, -0.1) is 11.8 Å². The highest BCUT2D eigenvalue weighted by Crippen LogP contribution is 2.44. The van der Waals surface area contributed by atoms with E-state index >= 15 is 0 Å². The van der Waals surface area contributed by atoms with E-state index in [9.17, 15) is 19.5 Å². The largest absolute Gasteiger partial charge is 0.506 e. The third-order valence-corrected chi connectivity index (χ3v) is 7.42. The quantitative estimate of drug-likeness (QED) is 0.466. The maximum Gasteiger partial charge on any atom is 0.254 e. The average molecular weight is 513 g/mol.